The Morgan fingerprint density at radius 1 is 1.35 bits per heavy atom. The zero-order valence-corrected chi connectivity index (χ0v) is 9.66. The van der Waals surface area contributed by atoms with Crippen molar-refractivity contribution in [2.45, 2.75) is 25.4 Å². The zero-order valence-electron chi connectivity index (χ0n) is 9.66. The summed E-state index contributed by atoms with van der Waals surface area (Å²) in [6, 6.07) is 4.13. The highest BCUT2D eigenvalue weighted by Crippen LogP contribution is 2.39. The summed E-state index contributed by atoms with van der Waals surface area (Å²) in [6.07, 6.45) is 10.2. The largest absolute Gasteiger partial charge is 0.346 e. The Labute approximate surface area is 101 Å². The fraction of sp³-hybridized carbons (Fsp3) is 0.385. The maximum Gasteiger partial charge on any atom is 0.147 e. The van der Waals surface area contributed by atoms with Gasteiger partial charge in [-0.15, -0.1) is 0 Å². The maximum absolute atomic E-state index is 6.16. The molecule has 2 aromatic heterocycles. The molecule has 0 aromatic carbocycles. The van der Waals surface area contributed by atoms with Gasteiger partial charge in [0.1, 0.15) is 5.82 Å². The van der Waals surface area contributed by atoms with E-state index < -0.39 is 0 Å². The second kappa shape index (κ2) is 4.30. The molecule has 1 fully saturated rings. The average Bonchev–Trinajstić information content (AvgIpc) is 3.11. The molecule has 0 radical (unpaired) electrons. The van der Waals surface area contributed by atoms with E-state index in [0.29, 0.717) is 12.5 Å². The first-order valence-electron chi connectivity index (χ1n) is 6.00. The molecule has 1 unspecified atom stereocenters. The second-order valence-electron chi connectivity index (χ2n) is 4.65. The summed E-state index contributed by atoms with van der Waals surface area (Å²) in [6.45, 7) is 0.707. The minimum Gasteiger partial charge on any atom is -0.346 e. The van der Waals surface area contributed by atoms with Gasteiger partial charge in [0.25, 0.3) is 0 Å². The van der Waals surface area contributed by atoms with Crippen LogP contribution < -0.4 is 5.73 Å². The number of rotatable bonds is 4. The molecule has 1 saturated carbocycles. The Morgan fingerprint density at radius 2 is 2.12 bits per heavy atom. The Hall–Kier alpha value is -1.68. The second-order valence-corrected chi connectivity index (χ2v) is 4.65. The van der Waals surface area contributed by atoms with Crippen molar-refractivity contribution in [2.24, 2.45) is 11.7 Å². The van der Waals surface area contributed by atoms with Crippen LogP contribution in [0.5, 0.6) is 0 Å². The third-order valence-electron chi connectivity index (χ3n) is 3.23. The van der Waals surface area contributed by atoms with Gasteiger partial charge in [0.05, 0.1) is 6.54 Å². The molecule has 0 bridgehead atoms. The number of hydrogen-bond acceptors (Lipinski definition) is 3. The minimum absolute atomic E-state index is 0.202. The Kier molecular flexibility index (Phi) is 2.65. The van der Waals surface area contributed by atoms with Crippen LogP contribution in [0.25, 0.3) is 0 Å². The van der Waals surface area contributed by atoms with E-state index in [1.165, 1.54) is 18.4 Å². The van der Waals surface area contributed by atoms with E-state index in [4.69, 9.17) is 5.73 Å². The van der Waals surface area contributed by atoms with Crippen molar-refractivity contribution < 1.29 is 0 Å². The predicted molar refractivity (Wildman–Crippen MR) is 65.2 cm³/mol. The highest BCUT2D eigenvalue weighted by molar-refractivity contribution is 5.18. The molecule has 2 heterocycles. The van der Waals surface area contributed by atoms with E-state index in [-0.39, 0.29) is 6.04 Å². The van der Waals surface area contributed by atoms with Crippen molar-refractivity contribution in [2.75, 3.05) is 0 Å². The van der Waals surface area contributed by atoms with Gasteiger partial charge in [-0.2, -0.15) is 0 Å². The molecule has 1 aliphatic carbocycles. The summed E-state index contributed by atoms with van der Waals surface area (Å²) in [5.41, 5.74) is 7.39. The molecule has 17 heavy (non-hydrogen) atoms. The maximum atomic E-state index is 6.16. The first-order valence-corrected chi connectivity index (χ1v) is 6.00. The number of hydrogen-bond donors (Lipinski definition) is 1. The van der Waals surface area contributed by atoms with E-state index in [9.17, 15) is 0 Å². The molecule has 3 rings (SSSR count). The standard InChI is InChI=1S/C13H16N4/c14-13(10-2-3-10)11-4-7-17(8-11)9-12-15-5-1-6-16-12/h1,4-8,10,13H,2-3,9,14H2. The van der Waals surface area contributed by atoms with Gasteiger partial charge in [-0.3, -0.25) is 0 Å². The molecule has 1 aliphatic rings. The van der Waals surface area contributed by atoms with Crippen LogP contribution >= 0.6 is 0 Å². The highest BCUT2D eigenvalue weighted by Gasteiger charge is 2.29. The van der Waals surface area contributed by atoms with E-state index in [0.717, 1.165) is 5.82 Å². The normalized spacial score (nSPS) is 17.0. The van der Waals surface area contributed by atoms with E-state index >= 15 is 0 Å². The van der Waals surface area contributed by atoms with Gasteiger partial charge >= 0.3 is 0 Å². The summed E-state index contributed by atoms with van der Waals surface area (Å²) in [5, 5.41) is 0. The summed E-state index contributed by atoms with van der Waals surface area (Å²) >= 11 is 0. The van der Waals surface area contributed by atoms with E-state index in [2.05, 4.69) is 26.8 Å². The van der Waals surface area contributed by atoms with Crippen molar-refractivity contribution in [3.8, 4) is 0 Å². The number of nitrogens with zero attached hydrogens (tertiary/aromatic N) is 3. The number of aromatic nitrogens is 3. The molecule has 2 aromatic rings. The van der Waals surface area contributed by atoms with Crippen LogP contribution in [-0.4, -0.2) is 14.5 Å². The fourth-order valence-corrected chi connectivity index (χ4v) is 2.06. The average molecular weight is 228 g/mol. The van der Waals surface area contributed by atoms with Crippen LogP contribution in [0, 0.1) is 5.92 Å². The SMILES string of the molecule is NC(c1ccn(Cc2ncccn2)c1)C1CC1. The summed E-state index contributed by atoms with van der Waals surface area (Å²) < 4.78 is 2.09. The van der Waals surface area contributed by atoms with Crippen LogP contribution in [0.1, 0.15) is 30.3 Å². The molecule has 4 heteroatoms. The van der Waals surface area contributed by atoms with Crippen LogP contribution in [0.3, 0.4) is 0 Å². The molecular weight excluding hydrogens is 212 g/mol. The summed E-state index contributed by atoms with van der Waals surface area (Å²) in [4.78, 5) is 8.42. The lowest BCUT2D eigenvalue weighted by atomic mass is 10.1. The van der Waals surface area contributed by atoms with Crippen molar-refractivity contribution in [1.29, 1.82) is 0 Å². The van der Waals surface area contributed by atoms with E-state index in [1.807, 2.05) is 12.3 Å². The molecule has 0 amide bonds. The lowest BCUT2D eigenvalue weighted by Crippen LogP contribution is -2.11. The van der Waals surface area contributed by atoms with Gasteiger partial charge in [0.2, 0.25) is 0 Å². The van der Waals surface area contributed by atoms with Crippen molar-refractivity contribution in [3.05, 3.63) is 48.3 Å². The van der Waals surface area contributed by atoms with Gasteiger partial charge in [-0.1, -0.05) is 0 Å². The van der Waals surface area contributed by atoms with Gasteiger partial charge in [0.15, 0.2) is 0 Å². The zero-order chi connectivity index (χ0) is 11.7. The summed E-state index contributed by atoms with van der Waals surface area (Å²) in [5.74, 6) is 1.52. The first-order chi connectivity index (χ1) is 8.33. The molecule has 0 saturated heterocycles. The van der Waals surface area contributed by atoms with Gasteiger partial charge in [-0.05, 0) is 36.5 Å². The van der Waals surface area contributed by atoms with Gasteiger partial charge in [0, 0.05) is 30.8 Å². The van der Waals surface area contributed by atoms with Crippen LogP contribution in [0.4, 0.5) is 0 Å². The smallest absolute Gasteiger partial charge is 0.147 e. The molecule has 4 nitrogen and oxygen atoms in total. The van der Waals surface area contributed by atoms with E-state index in [1.54, 1.807) is 12.4 Å². The molecule has 88 valence electrons. The molecular formula is C13H16N4. The Balaban J connectivity index is 1.72. The monoisotopic (exact) mass is 228 g/mol. The molecule has 2 N–H and O–H groups in total. The highest BCUT2D eigenvalue weighted by atomic mass is 15.0. The quantitative estimate of drug-likeness (QED) is 0.867. The lowest BCUT2D eigenvalue weighted by Gasteiger charge is -2.07. The van der Waals surface area contributed by atoms with Crippen LogP contribution in [0.2, 0.25) is 0 Å². The first kappa shape index (κ1) is 10.5. The van der Waals surface area contributed by atoms with Gasteiger partial charge < -0.3 is 10.3 Å². The minimum atomic E-state index is 0.202. The van der Waals surface area contributed by atoms with Crippen LogP contribution in [0.15, 0.2) is 36.9 Å². The van der Waals surface area contributed by atoms with Crippen LogP contribution in [-0.2, 0) is 6.54 Å². The van der Waals surface area contributed by atoms with Crippen molar-refractivity contribution >= 4 is 0 Å². The van der Waals surface area contributed by atoms with Gasteiger partial charge in [-0.25, -0.2) is 9.97 Å². The third kappa shape index (κ3) is 2.36. The predicted octanol–water partition coefficient (Wildman–Crippen LogP) is 1.74. The Morgan fingerprint density at radius 3 is 2.82 bits per heavy atom. The third-order valence-corrected chi connectivity index (χ3v) is 3.23. The molecule has 0 spiro atoms. The van der Waals surface area contributed by atoms with Crippen molar-refractivity contribution in [3.63, 3.8) is 0 Å². The van der Waals surface area contributed by atoms with Crippen molar-refractivity contribution in [1.82, 2.24) is 14.5 Å². The molecule has 0 aliphatic heterocycles. The number of nitrogens with two attached hydrogens (primary N) is 1. The molecule has 1 atom stereocenters. The fourth-order valence-electron chi connectivity index (χ4n) is 2.06. The summed E-state index contributed by atoms with van der Waals surface area (Å²) in [7, 11) is 0. The topological polar surface area (TPSA) is 56.7 Å². The lowest BCUT2D eigenvalue weighted by molar-refractivity contribution is 0.629. The Bertz CT molecular complexity index is 487.